The van der Waals surface area contributed by atoms with Crippen LogP contribution in [0, 0.1) is 0 Å². The lowest BCUT2D eigenvalue weighted by atomic mass is 9.96. The van der Waals surface area contributed by atoms with E-state index in [-0.39, 0.29) is 40.6 Å². The van der Waals surface area contributed by atoms with Crippen molar-refractivity contribution in [3.8, 4) is 0 Å². The van der Waals surface area contributed by atoms with Gasteiger partial charge in [0.25, 0.3) is 21.8 Å². The monoisotopic (exact) mass is 588 g/mol. The Balaban J connectivity index is 1.40. The summed E-state index contributed by atoms with van der Waals surface area (Å²) in [4.78, 5) is 36.9. The van der Waals surface area contributed by atoms with Crippen molar-refractivity contribution in [3.05, 3.63) is 132 Å². The number of hydrogen-bond acceptors (Lipinski definition) is 6. The maximum absolute atomic E-state index is 14.2. The van der Waals surface area contributed by atoms with E-state index in [9.17, 15) is 18.0 Å². The van der Waals surface area contributed by atoms with Gasteiger partial charge in [-0.3, -0.25) is 9.59 Å². The van der Waals surface area contributed by atoms with Gasteiger partial charge in [-0.25, -0.2) is 22.3 Å². The summed E-state index contributed by atoms with van der Waals surface area (Å²) in [5.74, 6) is -1.12. The van der Waals surface area contributed by atoms with Crippen LogP contribution in [0.15, 0.2) is 121 Å². The zero-order valence-electron chi connectivity index (χ0n) is 22.7. The van der Waals surface area contributed by atoms with Crippen molar-refractivity contribution in [2.45, 2.75) is 11.5 Å². The molecule has 0 saturated heterocycles. The van der Waals surface area contributed by atoms with Crippen molar-refractivity contribution in [2.24, 2.45) is 0 Å². The Morgan fingerprint density at radius 1 is 0.744 bits per heavy atom. The van der Waals surface area contributed by atoms with Crippen molar-refractivity contribution >= 4 is 54.9 Å². The molecule has 0 atom stereocenters. The number of aromatic amines is 1. The number of carbonyl (C=O) groups excluding carboxylic acids is 2. The number of para-hydroxylation sites is 1. The van der Waals surface area contributed by atoms with Gasteiger partial charge in [0.05, 0.1) is 22.6 Å². The van der Waals surface area contributed by atoms with Crippen molar-refractivity contribution in [3.63, 3.8) is 0 Å². The number of ether oxygens (including phenoxy) is 1. The summed E-state index contributed by atoms with van der Waals surface area (Å²) >= 11 is 0. The SMILES string of the molecule is O=C1C(c2c[nH]c3ccccc23)=C(c2cn(S(=O)(=O)c3ccccc3)c3ncccc23)C(=O)N1COCc1ccccc1. The normalized spacial score (nSPS) is 14.0. The average molecular weight is 589 g/mol. The number of nitrogens with one attached hydrogen (secondary N) is 1. The van der Waals surface area contributed by atoms with Crippen LogP contribution in [0.4, 0.5) is 0 Å². The van der Waals surface area contributed by atoms with Gasteiger partial charge in [-0.1, -0.05) is 66.7 Å². The van der Waals surface area contributed by atoms with E-state index in [0.717, 1.165) is 25.3 Å². The Morgan fingerprint density at radius 2 is 1.40 bits per heavy atom. The molecule has 212 valence electrons. The van der Waals surface area contributed by atoms with E-state index in [1.807, 2.05) is 54.6 Å². The van der Waals surface area contributed by atoms with Crippen molar-refractivity contribution in [1.29, 1.82) is 0 Å². The molecule has 0 saturated carbocycles. The van der Waals surface area contributed by atoms with Crippen molar-refractivity contribution in [2.75, 3.05) is 6.73 Å². The lowest BCUT2D eigenvalue weighted by Crippen LogP contribution is -2.33. The molecule has 10 heteroatoms. The fourth-order valence-corrected chi connectivity index (χ4v) is 6.77. The van der Waals surface area contributed by atoms with E-state index in [1.165, 1.54) is 24.5 Å². The molecule has 0 unspecified atom stereocenters. The lowest BCUT2D eigenvalue weighted by Gasteiger charge is -2.15. The number of imide groups is 1. The number of H-pyrrole nitrogens is 1. The number of rotatable bonds is 8. The fraction of sp³-hybridized carbons (Fsp3) is 0.0606. The van der Waals surface area contributed by atoms with Gasteiger partial charge in [-0.15, -0.1) is 0 Å². The van der Waals surface area contributed by atoms with E-state index in [1.54, 1.807) is 36.5 Å². The Morgan fingerprint density at radius 3 is 2.16 bits per heavy atom. The Hall–Kier alpha value is -5.32. The fourth-order valence-electron chi connectivity index (χ4n) is 5.42. The largest absolute Gasteiger partial charge is 0.361 e. The molecule has 7 rings (SSSR count). The molecule has 1 aliphatic rings. The molecule has 0 aliphatic carbocycles. The molecule has 3 aromatic carbocycles. The van der Waals surface area contributed by atoms with Crippen LogP contribution in [0.3, 0.4) is 0 Å². The zero-order chi connectivity index (χ0) is 29.6. The van der Waals surface area contributed by atoms with E-state index in [4.69, 9.17) is 4.74 Å². The zero-order valence-corrected chi connectivity index (χ0v) is 23.5. The Kier molecular flexibility index (Phi) is 6.49. The average Bonchev–Trinajstić information content (AvgIpc) is 3.71. The number of nitrogens with zero attached hydrogens (tertiary/aromatic N) is 3. The summed E-state index contributed by atoms with van der Waals surface area (Å²) in [5, 5.41) is 1.17. The molecule has 1 N–H and O–H groups in total. The van der Waals surface area contributed by atoms with E-state index in [0.29, 0.717) is 10.9 Å². The van der Waals surface area contributed by atoms with Crippen LogP contribution >= 0.6 is 0 Å². The van der Waals surface area contributed by atoms with Crippen LogP contribution in [0.5, 0.6) is 0 Å². The minimum absolute atomic E-state index is 0.0692. The number of fused-ring (bicyclic) bond motifs is 2. The number of hydrogen-bond donors (Lipinski definition) is 1. The first-order chi connectivity index (χ1) is 20.9. The van der Waals surface area contributed by atoms with Crippen LogP contribution in [0.2, 0.25) is 0 Å². The van der Waals surface area contributed by atoms with E-state index >= 15 is 0 Å². The molecule has 6 aromatic rings. The molecule has 43 heavy (non-hydrogen) atoms. The number of benzene rings is 3. The summed E-state index contributed by atoms with van der Waals surface area (Å²) < 4.78 is 34.4. The van der Waals surface area contributed by atoms with Gasteiger partial charge in [-0.05, 0) is 35.9 Å². The summed E-state index contributed by atoms with van der Waals surface area (Å²) in [6, 6.07) is 28.3. The molecule has 2 amide bonds. The highest BCUT2D eigenvalue weighted by Crippen LogP contribution is 2.41. The van der Waals surface area contributed by atoms with Crippen LogP contribution in [0.1, 0.15) is 16.7 Å². The highest BCUT2D eigenvalue weighted by atomic mass is 32.2. The number of amides is 2. The van der Waals surface area contributed by atoms with Gasteiger partial charge in [-0.2, -0.15) is 0 Å². The molecule has 3 aromatic heterocycles. The molecule has 0 spiro atoms. The van der Waals surface area contributed by atoms with Crippen molar-refractivity contribution in [1.82, 2.24) is 18.8 Å². The first-order valence-corrected chi connectivity index (χ1v) is 14.9. The maximum Gasteiger partial charge on any atom is 0.269 e. The minimum Gasteiger partial charge on any atom is -0.361 e. The molecule has 0 bridgehead atoms. The predicted molar refractivity (Wildman–Crippen MR) is 162 cm³/mol. The maximum atomic E-state index is 14.2. The summed E-state index contributed by atoms with van der Waals surface area (Å²) in [5.41, 5.74) is 2.89. The van der Waals surface area contributed by atoms with Crippen LogP contribution in [-0.4, -0.2) is 45.8 Å². The van der Waals surface area contributed by atoms with Gasteiger partial charge in [0.1, 0.15) is 6.73 Å². The van der Waals surface area contributed by atoms with Crippen LogP contribution < -0.4 is 0 Å². The lowest BCUT2D eigenvalue weighted by molar-refractivity contribution is -0.142. The first-order valence-electron chi connectivity index (χ1n) is 13.5. The second-order valence-electron chi connectivity index (χ2n) is 10.0. The third-order valence-electron chi connectivity index (χ3n) is 7.46. The second kappa shape index (κ2) is 10.5. The highest BCUT2D eigenvalue weighted by molar-refractivity contribution is 7.90. The number of aromatic nitrogens is 3. The Bertz CT molecular complexity index is 2170. The van der Waals surface area contributed by atoms with Crippen LogP contribution in [0.25, 0.3) is 33.1 Å². The topological polar surface area (TPSA) is 114 Å². The molecule has 0 radical (unpaired) electrons. The van der Waals surface area contributed by atoms with E-state index < -0.39 is 21.8 Å². The van der Waals surface area contributed by atoms with Gasteiger partial charge in [0, 0.05) is 46.0 Å². The van der Waals surface area contributed by atoms with Crippen molar-refractivity contribution < 1.29 is 22.7 Å². The van der Waals surface area contributed by atoms with Gasteiger partial charge < -0.3 is 9.72 Å². The minimum atomic E-state index is -4.08. The summed E-state index contributed by atoms with van der Waals surface area (Å²) in [6.45, 7) is -0.0741. The molecule has 1 aliphatic heterocycles. The molecular formula is C33H24N4O5S. The second-order valence-corrected chi connectivity index (χ2v) is 11.8. The first kappa shape index (κ1) is 26.6. The highest BCUT2D eigenvalue weighted by Gasteiger charge is 2.42. The quantitative estimate of drug-likeness (QED) is 0.244. The van der Waals surface area contributed by atoms with Gasteiger partial charge in [0.2, 0.25) is 0 Å². The van der Waals surface area contributed by atoms with E-state index in [2.05, 4.69) is 9.97 Å². The van der Waals surface area contributed by atoms with Gasteiger partial charge in [0.15, 0.2) is 5.65 Å². The third kappa shape index (κ3) is 4.44. The summed E-state index contributed by atoms with van der Waals surface area (Å²) in [7, 11) is -4.08. The van der Waals surface area contributed by atoms with Crippen LogP contribution in [-0.2, 0) is 31.0 Å². The Labute approximate surface area is 246 Å². The number of pyridine rings is 1. The molecule has 9 nitrogen and oxygen atoms in total. The predicted octanol–water partition coefficient (Wildman–Crippen LogP) is 5.21. The van der Waals surface area contributed by atoms with Gasteiger partial charge >= 0.3 is 0 Å². The smallest absolute Gasteiger partial charge is 0.269 e. The molecule has 0 fully saturated rings. The third-order valence-corrected chi connectivity index (χ3v) is 9.12. The molecular weight excluding hydrogens is 564 g/mol. The number of carbonyl (C=O) groups is 2. The standard InChI is InChI=1S/C33H24N4O5S/c38-32-29(26-18-35-28-16-8-7-14-24(26)28)30(33(39)36(32)21-42-20-22-10-3-1-4-11-22)27-19-37(31-25(27)15-9-17-34-31)43(40,41)23-12-5-2-6-13-23/h1-19,35H,20-21H2. The molecule has 4 heterocycles. The summed E-state index contributed by atoms with van der Waals surface area (Å²) in [6.07, 6.45) is 4.56.